The first-order valence-corrected chi connectivity index (χ1v) is 8.94. The normalized spacial score (nSPS) is 14.9. The van der Waals surface area contributed by atoms with Gasteiger partial charge in [-0.15, -0.1) is 0 Å². The van der Waals surface area contributed by atoms with Gasteiger partial charge >= 0.3 is 6.03 Å². The van der Waals surface area contributed by atoms with Gasteiger partial charge in [0.25, 0.3) is 0 Å². The van der Waals surface area contributed by atoms with E-state index in [1.807, 2.05) is 30.3 Å². The SMILES string of the molecule is COC[C@@H](c1ccccn1)N(C)C(=O)Nc1ccc(N2CCCC2=O)cc1. The van der Waals surface area contributed by atoms with Crippen LogP contribution in [0.4, 0.5) is 16.2 Å². The molecule has 1 aliphatic heterocycles. The van der Waals surface area contributed by atoms with Gasteiger partial charge in [-0.2, -0.15) is 0 Å². The summed E-state index contributed by atoms with van der Waals surface area (Å²) in [4.78, 5) is 32.2. The van der Waals surface area contributed by atoms with Crippen molar-refractivity contribution in [2.45, 2.75) is 18.9 Å². The van der Waals surface area contributed by atoms with Crippen molar-refractivity contribution in [2.75, 3.05) is 37.5 Å². The Morgan fingerprint density at radius 1 is 1.30 bits per heavy atom. The van der Waals surface area contributed by atoms with Crippen molar-refractivity contribution >= 4 is 23.3 Å². The highest BCUT2D eigenvalue weighted by molar-refractivity contribution is 5.96. The number of nitrogens with one attached hydrogen (secondary N) is 1. The third kappa shape index (κ3) is 4.43. The van der Waals surface area contributed by atoms with Gasteiger partial charge in [0.15, 0.2) is 0 Å². The van der Waals surface area contributed by atoms with Crippen LogP contribution in [0.5, 0.6) is 0 Å². The van der Waals surface area contributed by atoms with E-state index >= 15 is 0 Å². The van der Waals surface area contributed by atoms with Crippen molar-refractivity contribution in [3.63, 3.8) is 0 Å². The second kappa shape index (κ2) is 8.64. The van der Waals surface area contributed by atoms with Crippen LogP contribution < -0.4 is 10.2 Å². The van der Waals surface area contributed by atoms with Gasteiger partial charge in [0.2, 0.25) is 5.91 Å². The van der Waals surface area contributed by atoms with Crippen molar-refractivity contribution in [2.24, 2.45) is 0 Å². The van der Waals surface area contributed by atoms with E-state index in [2.05, 4.69) is 10.3 Å². The number of amides is 3. The molecule has 3 rings (SSSR count). The summed E-state index contributed by atoms with van der Waals surface area (Å²) in [5.41, 5.74) is 2.29. The average molecular weight is 368 g/mol. The molecule has 142 valence electrons. The molecule has 2 heterocycles. The fraction of sp³-hybridized carbons (Fsp3) is 0.350. The Labute approximate surface area is 158 Å². The summed E-state index contributed by atoms with van der Waals surface area (Å²) in [6.45, 7) is 1.09. The van der Waals surface area contributed by atoms with Crippen LogP contribution >= 0.6 is 0 Å². The number of ether oxygens (including phenoxy) is 1. The summed E-state index contributed by atoms with van der Waals surface area (Å²) >= 11 is 0. The van der Waals surface area contributed by atoms with Crippen molar-refractivity contribution in [1.29, 1.82) is 0 Å². The first kappa shape index (κ1) is 18.8. The number of hydrogen-bond acceptors (Lipinski definition) is 4. The standard InChI is InChI=1S/C20H24N4O3/c1-23(18(14-27-2)17-6-3-4-12-21-17)20(26)22-15-8-10-16(11-9-15)24-13-5-7-19(24)25/h3-4,6,8-12,18H,5,7,13-14H2,1-2H3,(H,22,26)/t18-/m0/s1. The molecule has 3 amide bonds. The predicted octanol–water partition coefficient (Wildman–Crippen LogP) is 3.06. The molecule has 7 nitrogen and oxygen atoms in total. The van der Waals surface area contributed by atoms with Gasteiger partial charge < -0.3 is 19.9 Å². The molecule has 0 bridgehead atoms. The Kier molecular flexibility index (Phi) is 6.03. The van der Waals surface area contributed by atoms with Crippen LogP contribution in [0.2, 0.25) is 0 Å². The molecular formula is C20H24N4O3. The van der Waals surface area contributed by atoms with Gasteiger partial charge in [-0.05, 0) is 42.8 Å². The Morgan fingerprint density at radius 3 is 2.67 bits per heavy atom. The van der Waals surface area contributed by atoms with E-state index in [9.17, 15) is 9.59 Å². The number of benzene rings is 1. The molecular weight excluding hydrogens is 344 g/mol. The maximum absolute atomic E-state index is 12.7. The molecule has 1 aromatic heterocycles. The zero-order valence-corrected chi connectivity index (χ0v) is 15.6. The van der Waals surface area contributed by atoms with Crippen LogP contribution in [0.15, 0.2) is 48.7 Å². The van der Waals surface area contributed by atoms with E-state index in [1.165, 1.54) is 0 Å². The van der Waals surface area contributed by atoms with Gasteiger partial charge in [0.05, 0.1) is 18.3 Å². The maximum Gasteiger partial charge on any atom is 0.322 e. The Bertz CT molecular complexity index is 780. The van der Waals surface area contributed by atoms with Gasteiger partial charge in [-0.25, -0.2) is 4.79 Å². The summed E-state index contributed by atoms with van der Waals surface area (Å²) in [6.07, 6.45) is 3.18. The number of carbonyl (C=O) groups is 2. The Morgan fingerprint density at radius 2 is 2.07 bits per heavy atom. The van der Waals surface area contributed by atoms with Gasteiger partial charge in [-0.1, -0.05) is 6.07 Å². The lowest BCUT2D eigenvalue weighted by atomic mass is 10.2. The molecule has 7 heteroatoms. The Balaban J connectivity index is 1.67. The van der Waals surface area contributed by atoms with E-state index in [0.29, 0.717) is 18.7 Å². The first-order valence-electron chi connectivity index (χ1n) is 8.94. The number of likely N-dealkylation sites (N-methyl/N-ethyl adjacent to an activating group) is 1. The monoisotopic (exact) mass is 368 g/mol. The molecule has 1 N–H and O–H groups in total. The van der Waals surface area contributed by atoms with Gasteiger partial charge in [-0.3, -0.25) is 9.78 Å². The summed E-state index contributed by atoms with van der Waals surface area (Å²) < 4.78 is 5.26. The minimum atomic E-state index is -0.294. The summed E-state index contributed by atoms with van der Waals surface area (Å²) in [6, 6.07) is 12.3. The molecule has 1 fully saturated rings. The van der Waals surface area contributed by atoms with Gasteiger partial charge in [0.1, 0.15) is 0 Å². The number of aromatic nitrogens is 1. The summed E-state index contributed by atoms with van der Waals surface area (Å²) in [7, 11) is 3.31. The molecule has 0 radical (unpaired) electrons. The third-order valence-electron chi connectivity index (χ3n) is 4.65. The van der Waals surface area contributed by atoms with Crippen LogP contribution in [-0.4, -0.2) is 49.1 Å². The van der Waals surface area contributed by atoms with E-state index in [0.717, 1.165) is 24.3 Å². The summed E-state index contributed by atoms with van der Waals surface area (Å²) in [5.74, 6) is 0.143. The van der Waals surface area contributed by atoms with Crippen LogP contribution in [0.1, 0.15) is 24.6 Å². The fourth-order valence-electron chi connectivity index (χ4n) is 3.13. The van der Waals surface area contributed by atoms with Crippen molar-refractivity contribution < 1.29 is 14.3 Å². The molecule has 0 saturated carbocycles. The molecule has 0 unspecified atom stereocenters. The number of methoxy groups -OCH3 is 1. The van der Waals surface area contributed by atoms with Crippen LogP contribution in [0.3, 0.4) is 0 Å². The molecule has 27 heavy (non-hydrogen) atoms. The molecule has 0 spiro atoms. The predicted molar refractivity (Wildman–Crippen MR) is 104 cm³/mol. The lowest BCUT2D eigenvalue weighted by Crippen LogP contribution is -2.37. The molecule has 1 aliphatic rings. The van der Waals surface area contributed by atoms with Crippen LogP contribution in [-0.2, 0) is 9.53 Å². The zero-order chi connectivity index (χ0) is 19.2. The number of anilines is 2. The van der Waals surface area contributed by atoms with Crippen LogP contribution in [0.25, 0.3) is 0 Å². The second-order valence-electron chi connectivity index (χ2n) is 6.46. The highest BCUT2D eigenvalue weighted by atomic mass is 16.5. The second-order valence-corrected chi connectivity index (χ2v) is 6.46. The largest absolute Gasteiger partial charge is 0.382 e. The molecule has 0 aliphatic carbocycles. The number of nitrogens with zero attached hydrogens (tertiary/aromatic N) is 3. The van der Waals surface area contributed by atoms with Crippen molar-refractivity contribution in [3.8, 4) is 0 Å². The highest BCUT2D eigenvalue weighted by Gasteiger charge is 2.24. The van der Waals surface area contributed by atoms with Gasteiger partial charge in [0, 0.05) is 44.7 Å². The summed E-state index contributed by atoms with van der Waals surface area (Å²) in [5, 5.41) is 2.88. The molecule has 2 aromatic rings. The number of hydrogen-bond donors (Lipinski definition) is 1. The lowest BCUT2D eigenvalue weighted by molar-refractivity contribution is -0.117. The van der Waals surface area contributed by atoms with E-state index in [-0.39, 0.29) is 18.0 Å². The fourth-order valence-corrected chi connectivity index (χ4v) is 3.13. The molecule has 1 saturated heterocycles. The van der Waals surface area contributed by atoms with Crippen LogP contribution in [0, 0.1) is 0 Å². The first-order chi connectivity index (χ1) is 13.1. The average Bonchev–Trinajstić information content (AvgIpc) is 3.13. The van der Waals surface area contributed by atoms with Crippen molar-refractivity contribution in [1.82, 2.24) is 9.88 Å². The number of urea groups is 1. The number of rotatable bonds is 6. The zero-order valence-electron chi connectivity index (χ0n) is 15.6. The van der Waals surface area contributed by atoms with E-state index in [1.54, 1.807) is 42.3 Å². The minimum Gasteiger partial charge on any atom is -0.382 e. The van der Waals surface area contributed by atoms with E-state index in [4.69, 9.17) is 4.74 Å². The topological polar surface area (TPSA) is 74.8 Å². The maximum atomic E-state index is 12.7. The van der Waals surface area contributed by atoms with E-state index < -0.39 is 0 Å². The Hall–Kier alpha value is -2.93. The number of carbonyl (C=O) groups excluding carboxylic acids is 2. The molecule has 1 atom stereocenters. The smallest absolute Gasteiger partial charge is 0.322 e. The minimum absolute atomic E-state index is 0.143. The third-order valence-corrected chi connectivity index (χ3v) is 4.65. The lowest BCUT2D eigenvalue weighted by Gasteiger charge is -2.27. The van der Waals surface area contributed by atoms with Crippen molar-refractivity contribution in [3.05, 3.63) is 54.4 Å². The highest BCUT2D eigenvalue weighted by Crippen LogP contribution is 2.24. The number of pyridine rings is 1. The quantitative estimate of drug-likeness (QED) is 0.850. The molecule has 1 aromatic carbocycles.